The molecular formula is C100H134N4O15. The molecule has 7 aliphatic heterocycles. The van der Waals surface area contributed by atoms with Crippen LogP contribution in [0, 0.1) is 78.0 Å². The lowest BCUT2D eigenvalue weighted by Crippen LogP contribution is -2.46. The second-order valence-electron chi connectivity index (χ2n) is 32.8. The Bertz CT molecular complexity index is 3950. The molecule has 0 aliphatic carbocycles. The number of cyclic esters (lactones) is 2. The summed E-state index contributed by atoms with van der Waals surface area (Å²) in [6.45, 7) is 24.8. The van der Waals surface area contributed by atoms with E-state index in [2.05, 4.69) is 146 Å². The zero-order valence-corrected chi connectivity index (χ0v) is 71.9. The molecule has 19 nitrogen and oxygen atoms in total. The highest BCUT2D eigenvalue weighted by Gasteiger charge is 2.36. The summed E-state index contributed by atoms with van der Waals surface area (Å²) in [5.74, 6) is 28.7. The third-order valence-electron chi connectivity index (χ3n) is 22.1. The summed E-state index contributed by atoms with van der Waals surface area (Å²) in [7, 11) is 0. The number of amides is 4. The molecule has 119 heavy (non-hydrogen) atoms. The normalized spacial score (nSPS) is 19.3. The fraction of sp³-hybridized carbons (Fsp3) is 0.570. The predicted octanol–water partition coefficient (Wildman–Crippen LogP) is 17.3. The first-order chi connectivity index (χ1) is 57.8. The smallest absolute Gasteiger partial charge is 0.410 e. The molecule has 7 unspecified atom stereocenters. The number of likely N-dealkylation sites (tertiary alicyclic amines) is 2. The van der Waals surface area contributed by atoms with Gasteiger partial charge in [-0.2, -0.15) is 0 Å². The number of carbonyl (C=O) groups is 4. The SMILES string of the molecule is C#CC#CC#CC(C)C.C#CC#CC#CC=C=CC.CC(C)(c1ccc(OCC2CO2)cc1)c1ccc(OCC2CN(CCCCCCCCCCCCN3CCC(OC4CCN(CCCCCCCCCCCCN5CC(COc6ccc(C(C)(C)c7ccc(OCC8CO8)cc7)cc6)OC5=O)C(=O)C4)CC3=O)C(=O)O2)cc1.OCC1CO1.[HH].[HH]. The lowest BCUT2D eigenvalue weighted by Gasteiger charge is -2.36. The van der Waals surface area contributed by atoms with Gasteiger partial charge in [-0.05, 0) is 170 Å². The Kier molecular flexibility index (Phi) is 42.2. The number of ether oxygens (including phenoxy) is 10. The Balaban J connectivity index is 0.000000755. The zero-order chi connectivity index (χ0) is 84.7. The van der Waals surface area contributed by atoms with Gasteiger partial charge in [0.05, 0.1) is 64.6 Å². The number of rotatable bonds is 45. The first-order valence-corrected chi connectivity index (χ1v) is 43.6. The Hall–Kier alpha value is -9.76. The van der Waals surface area contributed by atoms with Crippen molar-refractivity contribution < 1.29 is 74.5 Å². The minimum absolute atomic E-state index is 0. The van der Waals surface area contributed by atoms with E-state index in [0.717, 1.165) is 146 Å². The van der Waals surface area contributed by atoms with Gasteiger partial charge in [0.15, 0.2) is 12.2 Å². The molecule has 7 fully saturated rings. The van der Waals surface area contributed by atoms with Crippen molar-refractivity contribution in [1.29, 1.82) is 0 Å². The van der Waals surface area contributed by atoms with Crippen LogP contribution in [0.2, 0.25) is 0 Å². The number of hydrogen-bond acceptors (Lipinski definition) is 15. The Morgan fingerprint density at radius 1 is 0.445 bits per heavy atom. The van der Waals surface area contributed by atoms with Crippen LogP contribution in [0.3, 0.4) is 0 Å². The molecule has 4 amide bonds. The molecule has 644 valence electrons. The van der Waals surface area contributed by atoms with Crippen molar-refractivity contribution in [3.05, 3.63) is 137 Å². The first-order valence-electron chi connectivity index (χ1n) is 43.6. The molecule has 0 radical (unpaired) electrons. The number of carbonyl (C=O) groups excluding carboxylic acids is 4. The molecule has 7 heterocycles. The van der Waals surface area contributed by atoms with Crippen LogP contribution in [0.4, 0.5) is 9.59 Å². The van der Waals surface area contributed by atoms with Crippen molar-refractivity contribution in [2.75, 3.05) is 105 Å². The predicted molar refractivity (Wildman–Crippen MR) is 471 cm³/mol. The fourth-order valence-corrected chi connectivity index (χ4v) is 14.4. The second-order valence-corrected chi connectivity index (χ2v) is 32.8. The number of aliphatic hydroxyl groups is 1. The number of terminal acetylenes is 2. The highest BCUT2D eigenvalue weighted by atomic mass is 16.6. The number of benzene rings is 4. The van der Waals surface area contributed by atoms with Crippen LogP contribution in [0.15, 0.2) is 115 Å². The molecule has 4 aromatic carbocycles. The van der Waals surface area contributed by atoms with E-state index in [1.165, 1.54) is 99.3 Å². The van der Waals surface area contributed by atoms with E-state index in [1.54, 1.807) is 12.2 Å². The maximum atomic E-state index is 13.1. The molecule has 4 aromatic rings. The van der Waals surface area contributed by atoms with Crippen LogP contribution in [-0.4, -0.2) is 197 Å². The largest absolute Gasteiger partial charge is 0.491 e. The van der Waals surface area contributed by atoms with Crippen molar-refractivity contribution in [3.63, 3.8) is 0 Å². The molecular weight excluding hydrogens is 1500 g/mol. The van der Waals surface area contributed by atoms with Gasteiger partial charge in [-0.1, -0.05) is 205 Å². The summed E-state index contributed by atoms with van der Waals surface area (Å²) < 4.78 is 56.6. The quantitative estimate of drug-likeness (QED) is 0.0189. The summed E-state index contributed by atoms with van der Waals surface area (Å²) in [5.41, 5.74) is 7.16. The van der Waals surface area contributed by atoms with E-state index in [4.69, 9.17) is 60.6 Å². The van der Waals surface area contributed by atoms with E-state index in [-0.39, 0.29) is 87.0 Å². The van der Waals surface area contributed by atoms with Gasteiger partial charge >= 0.3 is 12.2 Å². The van der Waals surface area contributed by atoms with Gasteiger partial charge in [0.25, 0.3) is 0 Å². The van der Waals surface area contributed by atoms with Crippen LogP contribution in [0.5, 0.6) is 23.0 Å². The van der Waals surface area contributed by atoms with Crippen LogP contribution >= 0.6 is 0 Å². The van der Waals surface area contributed by atoms with E-state index < -0.39 is 0 Å². The number of unbranched alkanes of at least 4 members (excludes halogenated alkanes) is 18. The van der Waals surface area contributed by atoms with E-state index in [0.29, 0.717) is 58.3 Å². The lowest BCUT2D eigenvalue weighted by atomic mass is 9.78. The third kappa shape index (κ3) is 36.8. The number of aliphatic hydroxyl groups excluding tert-OH is 1. The van der Waals surface area contributed by atoms with Gasteiger partial charge in [-0.3, -0.25) is 9.59 Å². The van der Waals surface area contributed by atoms with Gasteiger partial charge in [0.1, 0.15) is 67.7 Å². The summed E-state index contributed by atoms with van der Waals surface area (Å²) in [4.78, 5) is 59.2. The highest BCUT2D eigenvalue weighted by Crippen LogP contribution is 2.36. The van der Waals surface area contributed by atoms with Crippen molar-refractivity contribution >= 4 is 24.0 Å². The van der Waals surface area contributed by atoms with Crippen LogP contribution < -0.4 is 18.9 Å². The van der Waals surface area contributed by atoms with Crippen LogP contribution in [0.1, 0.15) is 228 Å². The first kappa shape index (κ1) is 94.7. The second kappa shape index (κ2) is 53.0. The molecule has 7 saturated heterocycles. The number of hydrogen-bond donors (Lipinski definition) is 1. The van der Waals surface area contributed by atoms with Crippen molar-refractivity contribution in [2.45, 2.75) is 256 Å². The summed E-state index contributed by atoms with van der Waals surface area (Å²) in [6, 6.07) is 33.0. The molecule has 7 atom stereocenters. The average molecular weight is 1630 g/mol. The van der Waals surface area contributed by atoms with Crippen molar-refractivity contribution in [1.82, 2.24) is 19.6 Å². The lowest BCUT2D eigenvalue weighted by molar-refractivity contribution is -0.148. The van der Waals surface area contributed by atoms with Crippen molar-refractivity contribution in [2.24, 2.45) is 5.92 Å². The standard InChI is InChI=1S/C78H110N4O13.C10H6.C9H8.C3H6O2.2H2/c1-77(2,61-29-37-65(38-30-61)89-55-71-57-91-71)59-25-33-63(34-26-59)87-53-69-51-81(75(85)94-69)45-23-19-15-11-7-5-9-13-17-21-43-79-47-41-67(49-73(79)83)93-68-42-48-80(74(84)50-68)44-22-18-14-10-6-8-12-16-20-24-46-82-52-70(95-76(82)86)54-88-64-35-27-60(28-36-64)78(3,4)62-31-39-66(40-32-62)90-56-72-58-92-72;1-3-5-7-9-10-8-6-4-2;1-4-5-6-7-8-9(2)3;4-1-3-2-5-3;;/h25-40,67-72H,5-24,41-58H2,1-4H3;1,4,8H,2H3;1,9H,2-3H3;3-4H,1-2H2;2*1H. The Labute approximate surface area is 714 Å². The Morgan fingerprint density at radius 2 is 0.756 bits per heavy atom. The zero-order valence-electron chi connectivity index (χ0n) is 71.9. The van der Waals surface area contributed by atoms with E-state index in [1.807, 2.05) is 88.9 Å². The molecule has 11 rings (SSSR count). The molecule has 0 bridgehead atoms. The van der Waals surface area contributed by atoms with Gasteiger partial charge < -0.3 is 72.1 Å². The van der Waals surface area contributed by atoms with Gasteiger partial charge in [0.2, 0.25) is 11.8 Å². The Morgan fingerprint density at radius 3 is 1.04 bits per heavy atom. The topological polar surface area (TPSA) is 204 Å². The van der Waals surface area contributed by atoms with Gasteiger partial charge in [-0.15, -0.1) is 18.6 Å². The minimum Gasteiger partial charge on any atom is -0.491 e. The minimum atomic E-state index is -0.277. The van der Waals surface area contributed by atoms with Gasteiger partial charge in [0, 0.05) is 64.9 Å². The maximum Gasteiger partial charge on any atom is 0.410 e. The molecule has 0 aromatic heterocycles. The summed E-state index contributed by atoms with van der Waals surface area (Å²) in [6.07, 6.45) is 38.1. The summed E-state index contributed by atoms with van der Waals surface area (Å²) >= 11 is 0. The molecule has 7 aliphatic rings. The summed E-state index contributed by atoms with van der Waals surface area (Å²) in [5, 5.41) is 8.08. The average Bonchev–Trinajstić information content (AvgIpc) is 1.79. The maximum absolute atomic E-state index is 13.1. The van der Waals surface area contributed by atoms with Crippen LogP contribution in [0.25, 0.3) is 0 Å². The molecule has 1 N–H and O–H groups in total. The number of epoxide rings is 3. The van der Waals surface area contributed by atoms with E-state index >= 15 is 0 Å². The van der Waals surface area contributed by atoms with Crippen molar-refractivity contribution in [3.8, 4) is 95.0 Å². The molecule has 0 spiro atoms. The van der Waals surface area contributed by atoms with Gasteiger partial charge in [-0.25, -0.2) is 9.59 Å². The third-order valence-corrected chi connectivity index (χ3v) is 22.1. The van der Waals surface area contributed by atoms with Crippen LogP contribution in [-0.2, 0) is 48.8 Å². The molecule has 0 saturated carbocycles. The number of nitrogens with zero attached hydrogens (tertiary/aromatic N) is 4. The fourth-order valence-electron chi connectivity index (χ4n) is 14.4. The monoisotopic (exact) mass is 1630 g/mol. The van der Waals surface area contributed by atoms with E-state index in [9.17, 15) is 19.2 Å². The highest BCUT2D eigenvalue weighted by molar-refractivity contribution is 5.78. The number of piperidine rings is 2. The molecule has 19 heteroatoms. The number of allylic oxidation sites excluding steroid dienone is 1.